The van der Waals surface area contributed by atoms with Crippen LogP contribution in [0, 0.1) is 5.92 Å². The van der Waals surface area contributed by atoms with Crippen molar-refractivity contribution >= 4 is 29.3 Å². The van der Waals surface area contributed by atoms with Gasteiger partial charge < -0.3 is 10.2 Å². The number of rotatable bonds is 3. The predicted molar refractivity (Wildman–Crippen MR) is 106 cm³/mol. The van der Waals surface area contributed by atoms with Crippen molar-refractivity contribution in [2.24, 2.45) is 13.0 Å². The molecule has 1 aromatic heterocycles. The van der Waals surface area contributed by atoms with Gasteiger partial charge in [0.2, 0.25) is 5.91 Å². The van der Waals surface area contributed by atoms with E-state index in [1.54, 1.807) is 0 Å². The molecule has 0 aliphatic carbocycles. The van der Waals surface area contributed by atoms with E-state index < -0.39 is 0 Å². The summed E-state index contributed by atoms with van der Waals surface area (Å²) in [5.41, 5.74) is 2.31. The average molecular weight is 391 g/mol. The first-order valence-electron chi connectivity index (χ1n) is 8.96. The number of aryl methyl sites for hydroxylation is 1. The van der Waals surface area contributed by atoms with E-state index in [1.807, 2.05) is 60.2 Å². The third-order valence-corrected chi connectivity index (χ3v) is 6.63. The largest absolute Gasteiger partial charge is 0.334 e. The number of nitrogens with one attached hydrogen (secondary N) is 1. The highest BCUT2D eigenvalue weighted by Crippen LogP contribution is 2.35. The zero-order valence-corrected chi connectivity index (χ0v) is 16.3. The molecule has 0 radical (unpaired) electrons. The van der Waals surface area contributed by atoms with Crippen LogP contribution in [0.5, 0.6) is 0 Å². The molecular weight excluding hydrogens is 368 g/mol. The molecule has 0 saturated carbocycles. The molecular formula is C19H23ClN4OS. The number of carbonyl (C=O) groups excluding carboxylic acids is 1. The summed E-state index contributed by atoms with van der Waals surface area (Å²) in [6.45, 7) is 2.36. The van der Waals surface area contributed by atoms with Crippen LogP contribution in [0.1, 0.15) is 23.1 Å². The lowest BCUT2D eigenvalue weighted by Crippen LogP contribution is -2.45. The monoisotopic (exact) mass is 390 g/mol. The molecule has 2 aliphatic heterocycles. The summed E-state index contributed by atoms with van der Waals surface area (Å²) in [5, 5.41) is 8.42. The molecule has 7 heteroatoms. The molecule has 2 aliphatic rings. The summed E-state index contributed by atoms with van der Waals surface area (Å²) >= 11 is 7.95. The van der Waals surface area contributed by atoms with Crippen LogP contribution in [0.25, 0.3) is 0 Å². The Balaban J connectivity index is 1.57. The van der Waals surface area contributed by atoms with Gasteiger partial charge in [0.15, 0.2) is 0 Å². The SMILES string of the molecule is Cn1cc([C@H]2CNC[C@@H]2C(=O)N2CCSCC2c2ccc(Cl)cc2)cn1. The van der Waals surface area contributed by atoms with E-state index in [0.717, 1.165) is 41.7 Å². The van der Waals surface area contributed by atoms with E-state index in [1.165, 1.54) is 5.56 Å². The zero-order chi connectivity index (χ0) is 18.1. The Labute approximate surface area is 163 Å². The molecule has 26 heavy (non-hydrogen) atoms. The number of nitrogens with zero attached hydrogens (tertiary/aromatic N) is 3. The van der Waals surface area contributed by atoms with Crippen molar-refractivity contribution < 1.29 is 4.79 Å². The van der Waals surface area contributed by atoms with Crippen LogP contribution >= 0.6 is 23.4 Å². The lowest BCUT2D eigenvalue weighted by Gasteiger charge is -2.38. The Bertz CT molecular complexity index is 778. The second-order valence-electron chi connectivity index (χ2n) is 6.99. The average Bonchev–Trinajstić information content (AvgIpc) is 3.30. The second kappa shape index (κ2) is 7.62. The molecule has 3 atom stereocenters. The Kier molecular flexibility index (Phi) is 5.25. The number of halogens is 1. The molecule has 0 bridgehead atoms. The molecule has 1 amide bonds. The van der Waals surface area contributed by atoms with Crippen LogP contribution in [0.2, 0.25) is 5.02 Å². The highest BCUT2D eigenvalue weighted by atomic mass is 35.5. The van der Waals surface area contributed by atoms with Gasteiger partial charge >= 0.3 is 0 Å². The van der Waals surface area contributed by atoms with Gasteiger partial charge in [-0.2, -0.15) is 16.9 Å². The van der Waals surface area contributed by atoms with E-state index in [0.29, 0.717) is 0 Å². The summed E-state index contributed by atoms with van der Waals surface area (Å²) in [6.07, 6.45) is 3.92. The third-order valence-electron chi connectivity index (χ3n) is 5.35. The number of amides is 1. The highest BCUT2D eigenvalue weighted by Gasteiger charge is 2.40. The van der Waals surface area contributed by atoms with Crippen molar-refractivity contribution in [3.63, 3.8) is 0 Å². The molecule has 2 fully saturated rings. The number of hydrogen-bond donors (Lipinski definition) is 1. The zero-order valence-electron chi connectivity index (χ0n) is 14.8. The van der Waals surface area contributed by atoms with E-state index in [2.05, 4.69) is 15.3 Å². The molecule has 4 rings (SSSR count). The van der Waals surface area contributed by atoms with E-state index >= 15 is 0 Å². The molecule has 1 unspecified atom stereocenters. The fourth-order valence-corrected chi connectivity index (χ4v) is 5.18. The fraction of sp³-hybridized carbons (Fsp3) is 0.474. The smallest absolute Gasteiger partial charge is 0.228 e. The fourth-order valence-electron chi connectivity index (χ4n) is 3.96. The minimum Gasteiger partial charge on any atom is -0.334 e. The molecule has 138 valence electrons. The number of hydrogen-bond acceptors (Lipinski definition) is 4. The van der Waals surface area contributed by atoms with Gasteiger partial charge in [0, 0.05) is 55.3 Å². The Morgan fingerprint density at radius 2 is 2.08 bits per heavy atom. The molecule has 2 aromatic rings. The third kappa shape index (κ3) is 3.50. The van der Waals surface area contributed by atoms with Gasteiger partial charge in [-0.3, -0.25) is 9.48 Å². The van der Waals surface area contributed by atoms with Crippen LogP contribution in [-0.4, -0.2) is 51.7 Å². The summed E-state index contributed by atoms with van der Waals surface area (Å²) in [6, 6.07) is 8.03. The van der Waals surface area contributed by atoms with E-state index in [9.17, 15) is 4.79 Å². The summed E-state index contributed by atoms with van der Waals surface area (Å²) in [7, 11) is 1.92. The molecule has 5 nitrogen and oxygen atoms in total. The number of thioether (sulfide) groups is 1. The number of benzene rings is 1. The summed E-state index contributed by atoms with van der Waals surface area (Å²) in [4.78, 5) is 15.5. The van der Waals surface area contributed by atoms with Gasteiger partial charge in [-0.15, -0.1) is 0 Å². The maximum atomic E-state index is 13.5. The topological polar surface area (TPSA) is 50.2 Å². The standard InChI is InChI=1S/C19H23ClN4OS/c1-23-11-14(8-22-23)16-9-21-10-17(16)19(25)24-6-7-26-12-18(24)13-2-4-15(20)5-3-13/h2-5,8,11,16-18,21H,6-7,9-10,12H2,1H3/t16-,17+,18?/m1/s1. The molecule has 2 saturated heterocycles. The predicted octanol–water partition coefficient (Wildman–Crippen LogP) is 2.69. The molecule has 0 spiro atoms. The van der Waals surface area contributed by atoms with Gasteiger partial charge in [0.25, 0.3) is 0 Å². The van der Waals surface area contributed by atoms with Crippen molar-refractivity contribution in [3.8, 4) is 0 Å². The Morgan fingerprint density at radius 3 is 2.81 bits per heavy atom. The van der Waals surface area contributed by atoms with Crippen molar-refractivity contribution in [1.29, 1.82) is 0 Å². The van der Waals surface area contributed by atoms with Gasteiger partial charge in [0.05, 0.1) is 18.2 Å². The molecule has 1 N–H and O–H groups in total. The van der Waals surface area contributed by atoms with Crippen molar-refractivity contribution in [2.45, 2.75) is 12.0 Å². The van der Waals surface area contributed by atoms with Gasteiger partial charge in [-0.1, -0.05) is 23.7 Å². The second-order valence-corrected chi connectivity index (χ2v) is 8.58. The van der Waals surface area contributed by atoms with Gasteiger partial charge in [-0.25, -0.2) is 0 Å². The van der Waals surface area contributed by atoms with Crippen LogP contribution < -0.4 is 5.32 Å². The van der Waals surface area contributed by atoms with E-state index in [-0.39, 0.29) is 23.8 Å². The minimum absolute atomic E-state index is 0.0305. The first-order chi connectivity index (χ1) is 12.6. The van der Waals surface area contributed by atoms with Crippen molar-refractivity contribution in [2.75, 3.05) is 31.1 Å². The Hall–Kier alpha value is -1.50. The van der Waals surface area contributed by atoms with Crippen LogP contribution in [0.3, 0.4) is 0 Å². The minimum atomic E-state index is -0.0305. The Morgan fingerprint density at radius 1 is 1.27 bits per heavy atom. The lowest BCUT2D eigenvalue weighted by molar-refractivity contribution is -0.137. The van der Waals surface area contributed by atoms with Crippen LogP contribution in [0.4, 0.5) is 0 Å². The van der Waals surface area contributed by atoms with Crippen molar-refractivity contribution in [1.82, 2.24) is 20.0 Å². The van der Waals surface area contributed by atoms with E-state index in [4.69, 9.17) is 11.6 Å². The van der Waals surface area contributed by atoms with Crippen molar-refractivity contribution in [3.05, 3.63) is 52.8 Å². The normalized spacial score (nSPS) is 26.2. The van der Waals surface area contributed by atoms with Gasteiger partial charge in [0.1, 0.15) is 0 Å². The van der Waals surface area contributed by atoms with Crippen LogP contribution in [-0.2, 0) is 11.8 Å². The first kappa shape index (κ1) is 17.9. The lowest BCUT2D eigenvalue weighted by atomic mass is 9.89. The maximum absolute atomic E-state index is 13.5. The molecule has 3 heterocycles. The number of carbonyl (C=O) groups is 1. The number of aromatic nitrogens is 2. The first-order valence-corrected chi connectivity index (χ1v) is 10.5. The summed E-state index contributed by atoms with van der Waals surface area (Å²) < 4.78 is 1.81. The molecule has 1 aromatic carbocycles. The maximum Gasteiger partial charge on any atom is 0.228 e. The summed E-state index contributed by atoms with van der Waals surface area (Å²) in [5.74, 6) is 2.34. The highest BCUT2D eigenvalue weighted by molar-refractivity contribution is 7.99. The van der Waals surface area contributed by atoms with Gasteiger partial charge in [-0.05, 0) is 23.3 Å². The van der Waals surface area contributed by atoms with Crippen LogP contribution in [0.15, 0.2) is 36.7 Å². The quantitative estimate of drug-likeness (QED) is 0.875.